The lowest BCUT2D eigenvalue weighted by Gasteiger charge is -2.17. The number of hydrogen-bond donors (Lipinski definition) is 2. The first-order chi connectivity index (χ1) is 8.81. The van der Waals surface area contributed by atoms with E-state index in [1.54, 1.807) is 6.92 Å². The Morgan fingerprint density at radius 1 is 1.58 bits per heavy atom. The summed E-state index contributed by atoms with van der Waals surface area (Å²) in [6, 6.07) is 0.724. The average molecular weight is 267 g/mol. The maximum Gasteiger partial charge on any atom is 0.326 e. The Kier molecular flexibility index (Phi) is 4.80. The fourth-order valence-electron chi connectivity index (χ4n) is 1.69. The van der Waals surface area contributed by atoms with Gasteiger partial charge in [0, 0.05) is 5.56 Å². The highest BCUT2D eigenvalue weighted by atomic mass is 16.6. The number of carboxylic acids is 1. The van der Waals surface area contributed by atoms with Gasteiger partial charge in [-0.3, -0.25) is 10.1 Å². The number of pyridine rings is 1. The molecule has 0 spiro atoms. The van der Waals surface area contributed by atoms with E-state index in [0.717, 1.165) is 6.20 Å². The highest BCUT2D eigenvalue weighted by Gasteiger charge is 2.20. The number of anilines is 1. The number of nitrogens with one attached hydrogen (secondary N) is 1. The summed E-state index contributed by atoms with van der Waals surface area (Å²) in [7, 11) is 0. The second-order valence-electron chi connectivity index (χ2n) is 4.78. The van der Waals surface area contributed by atoms with E-state index in [0.29, 0.717) is 17.8 Å². The molecule has 1 heterocycles. The van der Waals surface area contributed by atoms with Gasteiger partial charge in [-0.2, -0.15) is 0 Å². The van der Waals surface area contributed by atoms with E-state index < -0.39 is 16.9 Å². The molecule has 0 radical (unpaired) electrons. The molecule has 0 aliphatic heterocycles. The number of nitro groups is 1. The maximum atomic E-state index is 11.1. The predicted octanol–water partition coefficient (Wildman–Crippen LogP) is 2.21. The van der Waals surface area contributed by atoms with Crippen LogP contribution < -0.4 is 5.32 Å². The Labute approximate surface area is 110 Å². The zero-order valence-electron chi connectivity index (χ0n) is 11.1. The van der Waals surface area contributed by atoms with Crippen molar-refractivity contribution in [3.8, 4) is 0 Å². The van der Waals surface area contributed by atoms with Crippen LogP contribution >= 0.6 is 0 Å². The fraction of sp³-hybridized carbons (Fsp3) is 0.500. The number of rotatable bonds is 6. The molecule has 0 aromatic carbocycles. The van der Waals surface area contributed by atoms with Crippen molar-refractivity contribution in [1.82, 2.24) is 4.98 Å². The topological polar surface area (TPSA) is 105 Å². The van der Waals surface area contributed by atoms with E-state index in [-0.39, 0.29) is 11.6 Å². The van der Waals surface area contributed by atoms with Crippen LogP contribution in [0.1, 0.15) is 25.8 Å². The van der Waals surface area contributed by atoms with Gasteiger partial charge in [-0.15, -0.1) is 0 Å². The molecule has 2 N–H and O–H groups in total. The van der Waals surface area contributed by atoms with Gasteiger partial charge in [0.2, 0.25) is 0 Å². The molecule has 1 aromatic heterocycles. The summed E-state index contributed by atoms with van der Waals surface area (Å²) >= 11 is 0. The molecule has 104 valence electrons. The average Bonchev–Trinajstić information content (AvgIpc) is 2.26. The van der Waals surface area contributed by atoms with Crippen molar-refractivity contribution in [3.05, 3.63) is 27.9 Å². The van der Waals surface area contributed by atoms with Crippen LogP contribution in [0.5, 0.6) is 0 Å². The summed E-state index contributed by atoms with van der Waals surface area (Å²) < 4.78 is 0. The van der Waals surface area contributed by atoms with Crippen molar-refractivity contribution in [3.63, 3.8) is 0 Å². The van der Waals surface area contributed by atoms with Gasteiger partial charge in [0.1, 0.15) is 18.1 Å². The fourth-order valence-corrected chi connectivity index (χ4v) is 1.69. The second-order valence-corrected chi connectivity index (χ2v) is 4.78. The normalized spacial score (nSPS) is 12.2. The lowest BCUT2D eigenvalue weighted by atomic mass is 10.0. The summed E-state index contributed by atoms with van der Waals surface area (Å²) in [5.74, 6) is -0.421. The summed E-state index contributed by atoms with van der Waals surface area (Å²) in [5, 5.41) is 22.5. The minimum atomic E-state index is -0.966. The van der Waals surface area contributed by atoms with Gasteiger partial charge in [-0.05, 0) is 25.3 Å². The molecule has 7 nitrogen and oxygen atoms in total. The molecule has 1 aromatic rings. The standard InChI is InChI=1S/C12H17N3O4/c1-7(2)4-9(12(16)17)14-11-5-8(3)10(6-13-11)15(18)19/h5-7,9H,4H2,1-3H3,(H,13,14)(H,16,17)/t9-/m1/s1. The van der Waals surface area contributed by atoms with Crippen LogP contribution in [-0.2, 0) is 4.79 Å². The molecular formula is C12H17N3O4. The SMILES string of the molecule is Cc1cc(N[C@H](CC(C)C)C(=O)O)ncc1[N+](=O)[O-]. The summed E-state index contributed by atoms with van der Waals surface area (Å²) in [5.41, 5.74) is 0.359. The van der Waals surface area contributed by atoms with Gasteiger partial charge >= 0.3 is 5.97 Å². The second kappa shape index (κ2) is 6.12. The lowest BCUT2D eigenvalue weighted by Crippen LogP contribution is -2.31. The Morgan fingerprint density at radius 2 is 2.21 bits per heavy atom. The third kappa shape index (κ3) is 4.20. The van der Waals surface area contributed by atoms with Crippen LogP contribution in [0.4, 0.5) is 11.5 Å². The molecular weight excluding hydrogens is 250 g/mol. The lowest BCUT2D eigenvalue weighted by molar-refractivity contribution is -0.385. The smallest absolute Gasteiger partial charge is 0.326 e. The van der Waals surface area contributed by atoms with Crippen LogP contribution in [0, 0.1) is 23.0 Å². The summed E-state index contributed by atoms with van der Waals surface area (Å²) in [6.07, 6.45) is 1.58. The quantitative estimate of drug-likeness (QED) is 0.604. The monoisotopic (exact) mass is 267 g/mol. The molecule has 1 rings (SSSR count). The summed E-state index contributed by atoms with van der Waals surface area (Å²) in [4.78, 5) is 25.1. The molecule has 0 fully saturated rings. The third-order valence-electron chi connectivity index (χ3n) is 2.61. The summed E-state index contributed by atoms with van der Waals surface area (Å²) in [6.45, 7) is 5.43. The zero-order valence-corrected chi connectivity index (χ0v) is 11.1. The first-order valence-electron chi connectivity index (χ1n) is 5.91. The molecule has 0 aliphatic rings. The predicted molar refractivity (Wildman–Crippen MR) is 70.1 cm³/mol. The van der Waals surface area contributed by atoms with Crippen molar-refractivity contribution in [2.45, 2.75) is 33.2 Å². The van der Waals surface area contributed by atoms with Gasteiger partial charge in [-0.25, -0.2) is 9.78 Å². The first kappa shape index (κ1) is 14.9. The van der Waals surface area contributed by atoms with Crippen LogP contribution in [-0.4, -0.2) is 27.0 Å². The molecule has 0 saturated heterocycles. The van der Waals surface area contributed by atoms with Crippen LogP contribution in [0.2, 0.25) is 0 Å². The van der Waals surface area contributed by atoms with Crippen LogP contribution in [0.15, 0.2) is 12.3 Å². The van der Waals surface area contributed by atoms with Crippen molar-refractivity contribution in [2.24, 2.45) is 5.92 Å². The third-order valence-corrected chi connectivity index (χ3v) is 2.61. The van der Waals surface area contributed by atoms with Crippen molar-refractivity contribution >= 4 is 17.5 Å². The molecule has 7 heteroatoms. The van der Waals surface area contributed by atoms with Crippen molar-refractivity contribution in [2.75, 3.05) is 5.32 Å². The Morgan fingerprint density at radius 3 is 2.63 bits per heavy atom. The first-order valence-corrected chi connectivity index (χ1v) is 5.91. The van der Waals surface area contributed by atoms with Crippen LogP contribution in [0.25, 0.3) is 0 Å². The van der Waals surface area contributed by atoms with E-state index in [4.69, 9.17) is 5.11 Å². The number of carbonyl (C=O) groups is 1. The van der Waals surface area contributed by atoms with Gasteiger partial charge in [0.25, 0.3) is 5.69 Å². The Hall–Kier alpha value is -2.18. The minimum Gasteiger partial charge on any atom is -0.480 e. The number of hydrogen-bond acceptors (Lipinski definition) is 5. The van der Waals surface area contributed by atoms with Gasteiger partial charge in [0.05, 0.1) is 4.92 Å². The van der Waals surface area contributed by atoms with E-state index in [9.17, 15) is 14.9 Å². The minimum absolute atomic E-state index is 0.0821. The van der Waals surface area contributed by atoms with Crippen LogP contribution in [0.3, 0.4) is 0 Å². The zero-order chi connectivity index (χ0) is 14.6. The van der Waals surface area contributed by atoms with E-state index in [2.05, 4.69) is 10.3 Å². The maximum absolute atomic E-state index is 11.1. The molecule has 0 unspecified atom stereocenters. The highest BCUT2D eigenvalue weighted by molar-refractivity contribution is 5.76. The molecule has 0 bridgehead atoms. The number of nitrogens with zero attached hydrogens (tertiary/aromatic N) is 2. The number of aromatic nitrogens is 1. The number of aryl methyl sites for hydroxylation is 1. The molecule has 19 heavy (non-hydrogen) atoms. The molecule has 1 atom stereocenters. The number of aliphatic carboxylic acids is 1. The van der Waals surface area contributed by atoms with Gasteiger partial charge in [0.15, 0.2) is 0 Å². The van der Waals surface area contributed by atoms with Gasteiger partial charge < -0.3 is 10.4 Å². The number of carboxylic acid groups (broad SMARTS) is 1. The molecule has 0 aliphatic carbocycles. The highest BCUT2D eigenvalue weighted by Crippen LogP contribution is 2.20. The van der Waals surface area contributed by atoms with Gasteiger partial charge in [-0.1, -0.05) is 13.8 Å². The Balaban J connectivity index is 2.88. The largest absolute Gasteiger partial charge is 0.480 e. The van der Waals surface area contributed by atoms with Crippen molar-refractivity contribution in [1.29, 1.82) is 0 Å². The van der Waals surface area contributed by atoms with E-state index in [1.807, 2.05) is 13.8 Å². The molecule has 0 amide bonds. The van der Waals surface area contributed by atoms with Crippen molar-refractivity contribution < 1.29 is 14.8 Å². The Bertz CT molecular complexity index is 488. The van der Waals surface area contributed by atoms with E-state index in [1.165, 1.54) is 6.07 Å². The molecule has 0 saturated carbocycles. The van der Waals surface area contributed by atoms with E-state index >= 15 is 0 Å².